The third kappa shape index (κ3) is 5.58. The number of amides is 3. The Bertz CT molecular complexity index is 1820. The smallest absolute Gasteiger partial charge is 0.408 e. The van der Waals surface area contributed by atoms with Gasteiger partial charge in [0, 0.05) is 42.3 Å². The van der Waals surface area contributed by atoms with Crippen molar-refractivity contribution in [3.05, 3.63) is 56.9 Å². The lowest BCUT2D eigenvalue weighted by molar-refractivity contribution is -0.197. The average molecular weight is 619 g/mol. The number of nitrogens with zero attached hydrogens (tertiary/aromatic N) is 3. The van der Waals surface area contributed by atoms with E-state index in [4.69, 9.17) is 19.3 Å². The second kappa shape index (κ2) is 12.0. The second-order valence-electron chi connectivity index (χ2n) is 11.0. The molecule has 0 aliphatic carbocycles. The number of pyridine rings is 2. The lowest BCUT2D eigenvalue weighted by Gasteiger charge is -2.25. The molecule has 2 aromatic heterocycles. The van der Waals surface area contributed by atoms with E-state index in [2.05, 4.69) is 5.32 Å². The standard InChI is InChI=1S/C31H30N4O10/c1-2-17-18-12-16(36)7-8-22(18)33-27-20(17)14-34-23(27)13-19-21(29(34)40)15-43-30(41)28(19)44-31(42)32-11-5-3-4-6-26(39)45-35-24(37)9-10-25(35)38/h7-8,12-13,28,36H,2-6,9-11,14-15H2,1H3,(H,32,42)/t28-/m0/s1. The molecule has 14 nitrogen and oxygen atoms in total. The van der Waals surface area contributed by atoms with Gasteiger partial charge in [-0.2, -0.15) is 0 Å². The molecular weight excluding hydrogens is 588 g/mol. The maximum atomic E-state index is 13.6. The number of aryl methyl sites for hydroxylation is 1. The maximum absolute atomic E-state index is 13.6. The number of phenolic OH excluding ortho intramolecular Hbond substituents is 1. The van der Waals surface area contributed by atoms with Crippen LogP contribution in [0.4, 0.5) is 4.79 Å². The van der Waals surface area contributed by atoms with Crippen LogP contribution in [0, 0.1) is 0 Å². The van der Waals surface area contributed by atoms with Crippen molar-refractivity contribution >= 4 is 40.7 Å². The molecular formula is C31H30N4O10. The highest BCUT2D eigenvalue weighted by atomic mass is 16.7. The zero-order valence-corrected chi connectivity index (χ0v) is 24.4. The molecule has 1 atom stereocenters. The van der Waals surface area contributed by atoms with Crippen molar-refractivity contribution in [1.82, 2.24) is 19.9 Å². The van der Waals surface area contributed by atoms with Crippen LogP contribution in [0.1, 0.15) is 73.8 Å². The van der Waals surface area contributed by atoms with Gasteiger partial charge in [0.25, 0.3) is 17.4 Å². The zero-order valence-electron chi connectivity index (χ0n) is 24.4. The predicted molar refractivity (Wildman–Crippen MR) is 154 cm³/mol. The van der Waals surface area contributed by atoms with E-state index in [9.17, 15) is 33.9 Å². The van der Waals surface area contributed by atoms with Gasteiger partial charge in [-0.25, -0.2) is 19.4 Å². The topological polar surface area (TPSA) is 183 Å². The Morgan fingerprint density at radius 1 is 1.07 bits per heavy atom. The highest BCUT2D eigenvalue weighted by Gasteiger charge is 2.38. The fourth-order valence-corrected chi connectivity index (χ4v) is 5.91. The molecule has 0 radical (unpaired) electrons. The third-order valence-corrected chi connectivity index (χ3v) is 8.14. The molecule has 0 spiro atoms. The third-order valence-electron chi connectivity index (χ3n) is 8.14. The normalized spacial score (nSPS) is 16.7. The summed E-state index contributed by atoms with van der Waals surface area (Å²) in [7, 11) is 0. The Hall–Kier alpha value is -5.27. The van der Waals surface area contributed by atoms with Crippen molar-refractivity contribution in [2.75, 3.05) is 6.54 Å². The number of ether oxygens (including phenoxy) is 2. The van der Waals surface area contributed by atoms with Crippen LogP contribution < -0.4 is 10.9 Å². The number of phenols is 1. The number of imide groups is 1. The van der Waals surface area contributed by atoms with E-state index in [0.717, 1.165) is 16.5 Å². The first-order valence-electron chi connectivity index (χ1n) is 14.8. The van der Waals surface area contributed by atoms with Gasteiger partial charge < -0.3 is 29.3 Å². The van der Waals surface area contributed by atoms with Crippen molar-refractivity contribution < 1.29 is 43.4 Å². The van der Waals surface area contributed by atoms with Crippen molar-refractivity contribution in [2.24, 2.45) is 0 Å². The SMILES string of the molecule is CCc1c2c(nc3ccc(O)cc13)-c1cc3c(c(=O)n1C2)COC(=O)[C@H]3OC(=O)NCCCCCC(=O)ON1C(=O)CCC1=O. The number of nitrogens with one attached hydrogen (secondary N) is 1. The zero-order chi connectivity index (χ0) is 31.8. The number of carbonyl (C=O) groups is 5. The van der Waals surface area contributed by atoms with E-state index in [1.165, 1.54) is 0 Å². The minimum Gasteiger partial charge on any atom is -0.508 e. The second-order valence-corrected chi connectivity index (χ2v) is 11.0. The van der Waals surface area contributed by atoms with Gasteiger partial charge in [-0.05, 0) is 49.1 Å². The molecule has 0 unspecified atom stereocenters. The number of esters is 1. The highest BCUT2D eigenvalue weighted by Crippen LogP contribution is 2.39. The van der Waals surface area contributed by atoms with E-state index >= 15 is 0 Å². The van der Waals surface area contributed by atoms with Gasteiger partial charge in [0.15, 0.2) is 0 Å². The molecule has 1 aromatic carbocycles. The quantitative estimate of drug-likeness (QED) is 0.160. The number of rotatable bonds is 9. The van der Waals surface area contributed by atoms with E-state index in [0.29, 0.717) is 47.7 Å². The van der Waals surface area contributed by atoms with Crippen LogP contribution in [0.15, 0.2) is 29.1 Å². The van der Waals surface area contributed by atoms with Crippen LogP contribution in [-0.2, 0) is 53.1 Å². The molecule has 45 heavy (non-hydrogen) atoms. The summed E-state index contributed by atoms with van der Waals surface area (Å²) in [6, 6.07) is 6.57. The molecule has 1 fully saturated rings. The molecule has 3 amide bonds. The minimum absolute atomic E-state index is 0.0118. The number of aromatic nitrogens is 2. The van der Waals surface area contributed by atoms with Gasteiger partial charge in [-0.3, -0.25) is 14.4 Å². The molecule has 2 N–H and O–H groups in total. The monoisotopic (exact) mass is 618 g/mol. The summed E-state index contributed by atoms with van der Waals surface area (Å²) >= 11 is 0. The number of alkyl carbamates (subject to hydrolysis) is 1. The van der Waals surface area contributed by atoms with Crippen molar-refractivity contribution in [3.63, 3.8) is 0 Å². The predicted octanol–water partition coefficient (Wildman–Crippen LogP) is 2.68. The summed E-state index contributed by atoms with van der Waals surface area (Å²) in [5, 5.41) is 13.9. The summed E-state index contributed by atoms with van der Waals surface area (Å²) in [6.07, 6.45) is -0.270. The van der Waals surface area contributed by atoms with Crippen LogP contribution in [0.25, 0.3) is 22.3 Å². The Labute approximate surface area is 255 Å². The average Bonchev–Trinajstić information content (AvgIpc) is 3.54. The van der Waals surface area contributed by atoms with Crippen molar-refractivity contribution in [2.45, 2.75) is 71.1 Å². The number of hydrogen-bond acceptors (Lipinski definition) is 11. The van der Waals surface area contributed by atoms with E-state index in [1.54, 1.807) is 28.8 Å². The number of unbranched alkanes of at least 4 members (excludes halogenated alkanes) is 2. The van der Waals surface area contributed by atoms with Gasteiger partial charge in [-0.15, -0.1) is 5.06 Å². The van der Waals surface area contributed by atoms with Crippen LogP contribution >= 0.6 is 0 Å². The van der Waals surface area contributed by atoms with Gasteiger partial charge in [0.1, 0.15) is 12.4 Å². The van der Waals surface area contributed by atoms with E-state index in [-0.39, 0.29) is 61.4 Å². The Kier molecular flexibility index (Phi) is 7.96. The molecule has 0 saturated carbocycles. The first kappa shape index (κ1) is 29.8. The minimum atomic E-state index is -1.45. The molecule has 14 heteroatoms. The lowest BCUT2D eigenvalue weighted by atomic mass is 9.97. The Balaban J connectivity index is 1.10. The van der Waals surface area contributed by atoms with Crippen molar-refractivity contribution in [1.29, 1.82) is 0 Å². The van der Waals surface area contributed by atoms with Crippen LogP contribution in [0.3, 0.4) is 0 Å². The first-order valence-corrected chi connectivity index (χ1v) is 14.8. The summed E-state index contributed by atoms with van der Waals surface area (Å²) in [6.45, 7) is 2.18. The molecule has 0 bridgehead atoms. The molecule has 1 saturated heterocycles. The fraction of sp³-hybridized carbons (Fsp3) is 0.387. The molecule has 3 aromatic rings. The lowest BCUT2D eigenvalue weighted by Crippen LogP contribution is -2.36. The number of cyclic esters (lactones) is 1. The molecule has 3 aliphatic heterocycles. The van der Waals surface area contributed by atoms with Crippen molar-refractivity contribution in [3.8, 4) is 17.1 Å². The summed E-state index contributed by atoms with van der Waals surface area (Å²) in [5.41, 5.74) is 3.64. The number of aromatic hydroxyl groups is 1. The van der Waals surface area contributed by atoms with Crippen LogP contribution in [0.5, 0.6) is 5.75 Å². The summed E-state index contributed by atoms with van der Waals surface area (Å²) < 4.78 is 12.2. The summed E-state index contributed by atoms with van der Waals surface area (Å²) in [4.78, 5) is 83.6. The molecule has 3 aliphatic rings. The molecule has 6 rings (SSSR count). The number of benzene rings is 1. The molecule has 234 valence electrons. The molecule has 5 heterocycles. The van der Waals surface area contributed by atoms with Gasteiger partial charge in [0.2, 0.25) is 6.10 Å². The Morgan fingerprint density at radius 3 is 2.60 bits per heavy atom. The fourth-order valence-electron chi connectivity index (χ4n) is 5.91. The number of hydroxylamine groups is 2. The highest BCUT2D eigenvalue weighted by molar-refractivity contribution is 6.01. The number of carbonyl (C=O) groups excluding carboxylic acids is 5. The van der Waals surface area contributed by atoms with E-state index < -0.39 is 36.0 Å². The Morgan fingerprint density at radius 2 is 1.84 bits per heavy atom. The summed E-state index contributed by atoms with van der Waals surface area (Å²) in [5.74, 6) is -2.47. The van der Waals surface area contributed by atoms with Crippen LogP contribution in [-0.4, -0.2) is 56.1 Å². The maximum Gasteiger partial charge on any atom is 0.408 e. The number of fused-ring (bicyclic) bond motifs is 5. The van der Waals surface area contributed by atoms with Crippen LogP contribution in [0.2, 0.25) is 0 Å². The van der Waals surface area contributed by atoms with Gasteiger partial charge in [-0.1, -0.05) is 13.3 Å². The first-order chi connectivity index (χ1) is 21.7. The number of hydrogen-bond donors (Lipinski definition) is 2. The van der Waals surface area contributed by atoms with Gasteiger partial charge >= 0.3 is 18.0 Å². The van der Waals surface area contributed by atoms with Gasteiger partial charge in [0.05, 0.1) is 29.0 Å². The van der Waals surface area contributed by atoms with E-state index in [1.807, 2.05) is 6.92 Å². The largest absolute Gasteiger partial charge is 0.508 e.